The molecule has 1 N–H and O–H groups in total. The molecule has 0 aliphatic heterocycles. The SMILES string of the molecule is CC(=O)O[C@@H]1C[C@@]2(C)C[C@@](O)([C@H]3CC=C(C)C(=O)C3)CCC2[C@@]2(C)CCCC(C)(C)C12. The molecule has 0 aromatic rings. The summed E-state index contributed by atoms with van der Waals surface area (Å²) < 4.78 is 6.04. The standard InChI is InChI=1S/C27H42O4/c1-17-8-9-19(14-20(17)29)27(30)13-10-22-25(5,16-27)15-21(31-18(2)28)23-24(3,4)11-7-12-26(22,23)6/h8,19,21-23,30H,7,9-16H2,1-6H3/t19-,21+,22?,23?,25-,26+,27+/m0/s1. The van der Waals surface area contributed by atoms with Gasteiger partial charge in [0.2, 0.25) is 0 Å². The van der Waals surface area contributed by atoms with E-state index in [1.165, 1.54) is 26.2 Å². The van der Waals surface area contributed by atoms with Crippen LogP contribution in [0, 0.1) is 34.0 Å². The fourth-order valence-electron chi connectivity index (χ4n) is 9.00. The van der Waals surface area contributed by atoms with E-state index >= 15 is 0 Å². The van der Waals surface area contributed by atoms with Crippen LogP contribution in [-0.2, 0) is 14.3 Å². The Hall–Kier alpha value is -1.16. The van der Waals surface area contributed by atoms with Gasteiger partial charge in [-0.2, -0.15) is 0 Å². The molecule has 3 fully saturated rings. The first-order valence-electron chi connectivity index (χ1n) is 12.4. The van der Waals surface area contributed by atoms with Gasteiger partial charge in [-0.15, -0.1) is 0 Å². The minimum absolute atomic E-state index is 0.00183. The van der Waals surface area contributed by atoms with Crippen molar-refractivity contribution in [2.24, 2.45) is 34.0 Å². The van der Waals surface area contributed by atoms with Crippen molar-refractivity contribution in [2.45, 2.75) is 111 Å². The van der Waals surface area contributed by atoms with E-state index in [9.17, 15) is 14.7 Å². The predicted molar refractivity (Wildman–Crippen MR) is 121 cm³/mol. The maximum atomic E-state index is 12.4. The molecular formula is C27H42O4. The average Bonchev–Trinajstić information content (AvgIpc) is 2.61. The number of rotatable bonds is 2. The number of carbonyl (C=O) groups excluding carboxylic acids is 2. The largest absolute Gasteiger partial charge is 0.462 e. The van der Waals surface area contributed by atoms with Crippen LogP contribution in [0.3, 0.4) is 0 Å². The summed E-state index contributed by atoms with van der Waals surface area (Å²) in [7, 11) is 0. The first kappa shape index (κ1) is 23.0. The predicted octanol–water partition coefficient (Wildman–Crippen LogP) is 5.62. The van der Waals surface area contributed by atoms with E-state index in [1.54, 1.807) is 0 Å². The maximum Gasteiger partial charge on any atom is 0.302 e. The van der Waals surface area contributed by atoms with Crippen molar-refractivity contribution in [2.75, 3.05) is 0 Å². The second-order valence-corrected chi connectivity index (χ2v) is 12.7. The molecular weight excluding hydrogens is 388 g/mol. The van der Waals surface area contributed by atoms with Crippen molar-refractivity contribution in [3.8, 4) is 0 Å². The lowest BCUT2D eigenvalue weighted by atomic mass is 9.39. The molecule has 3 saturated carbocycles. The molecule has 0 saturated heterocycles. The van der Waals surface area contributed by atoms with Gasteiger partial charge in [-0.1, -0.05) is 40.2 Å². The summed E-state index contributed by atoms with van der Waals surface area (Å²) in [5.74, 6) is 0.846. The highest BCUT2D eigenvalue weighted by Crippen LogP contribution is 2.69. The number of fused-ring (bicyclic) bond motifs is 3. The smallest absolute Gasteiger partial charge is 0.302 e. The normalized spacial score (nSPS) is 47.1. The molecule has 0 radical (unpaired) electrons. The minimum atomic E-state index is -0.813. The van der Waals surface area contributed by atoms with Gasteiger partial charge in [-0.05, 0) is 85.5 Å². The van der Waals surface area contributed by atoms with Crippen molar-refractivity contribution in [3.05, 3.63) is 11.6 Å². The van der Waals surface area contributed by atoms with E-state index in [2.05, 4.69) is 27.7 Å². The van der Waals surface area contributed by atoms with Crippen LogP contribution in [0.25, 0.3) is 0 Å². The van der Waals surface area contributed by atoms with Gasteiger partial charge < -0.3 is 9.84 Å². The zero-order valence-electron chi connectivity index (χ0n) is 20.4. The molecule has 174 valence electrons. The zero-order valence-corrected chi connectivity index (χ0v) is 20.4. The molecule has 4 aliphatic carbocycles. The van der Waals surface area contributed by atoms with Crippen LogP contribution < -0.4 is 0 Å². The number of ketones is 1. The highest BCUT2D eigenvalue weighted by atomic mass is 16.5. The Morgan fingerprint density at radius 1 is 1.16 bits per heavy atom. The van der Waals surface area contributed by atoms with Crippen LogP contribution >= 0.6 is 0 Å². The van der Waals surface area contributed by atoms with E-state index in [0.29, 0.717) is 24.7 Å². The summed E-state index contributed by atoms with van der Waals surface area (Å²) in [4.78, 5) is 24.5. The lowest BCUT2D eigenvalue weighted by molar-refractivity contribution is -0.233. The van der Waals surface area contributed by atoms with Crippen LogP contribution in [-0.4, -0.2) is 28.6 Å². The van der Waals surface area contributed by atoms with E-state index < -0.39 is 5.60 Å². The van der Waals surface area contributed by atoms with E-state index in [-0.39, 0.29) is 40.0 Å². The molecule has 0 aromatic heterocycles. The molecule has 0 heterocycles. The Morgan fingerprint density at radius 3 is 2.52 bits per heavy atom. The monoisotopic (exact) mass is 430 g/mol. The number of allylic oxidation sites excluding steroid dienone is 2. The summed E-state index contributed by atoms with van der Waals surface area (Å²) >= 11 is 0. The zero-order chi connectivity index (χ0) is 22.8. The summed E-state index contributed by atoms with van der Waals surface area (Å²) in [5.41, 5.74) is 0.180. The van der Waals surface area contributed by atoms with Crippen LogP contribution in [0.2, 0.25) is 0 Å². The number of hydrogen-bond donors (Lipinski definition) is 1. The summed E-state index contributed by atoms with van der Waals surface area (Å²) in [6, 6.07) is 0. The lowest BCUT2D eigenvalue weighted by Gasteiger charge is -2.67. The molecule has 4 rings (SSSR count). The van der Waals surface area contributed by atoms with Gasteiger partial charge in [0.05, 0.1) is 5.60 Å². The second-order valence-electron chi connectivity index (χ2n) is 12.7. The Kier molecular flexibility index (Phi) is 5.52. The van der Waals surface area contributed by atoms with Gasteiger partial charge in [0.25, 0.3) is 0 Å². The highest BCUT2D eigenvalue weighted by Gasteiger charge is 2.65. The molecule has 0 aromatic carbocycles. The first-order valence-corrected chi connectivity index (χ1v) is 12.4. The third-order valence-corrected chi connectivity index (χ3v) is 10.00. The number of carbonyl (C=O) groups is 2. The number of ether oxygens (including phenoxy) is 1. The fraction of sp³-hybridized carbons (Fsp3) is 0.852. The Morgan fingerprint density at radius 2 is 1.87 bits per heavy atom. The topological polar surface area (TPSA) is 63.6 Å². The maximum absolute atomic E-state index is 12.4. The molecule has 0 spiro atoms. The van der Waals surface area contributed by atoms with E-state index in [1.807, 2.05) is 13.0 Å². The quantitative estimate of drug-likeness (QED) is 0.578. The van der Waals surface area contributed by atoms with E-state index in [0.717, 1.165) is 31.3 Å². The van der Waals surface area contributed by atoms with E-state index in [4.69, 9.17) is 4.74 Å². The molecule has 4 aliphatic rings. The van der Waals surface area contributed by atoms with Crippen LogP contribution in [0.5, 0.6) is 0 Å². The van der Waals surface area contributed by atoms with Crippen molar-refractivity contribution in [1.82, 2.24) is 0 Å². The van der Waals surface area contributed by atoms with Crippen LogP contribution in [0.1, 0.15) is 99.3 Å². The summed E-state index contributed by atoms with van der Waals surface area (Å²) in [6.07, 6.45) is 10.0. The molecule has 0 bridgehead atoms. The van der Waals surface area contributed by atoms with Gasteiger partial charge in [0.1, 0.15) is 6.10 Å². The van der Waals surface area contributed by atoms with Crippen LogP contribution in [0.15, 0.2) is 11.6 Å². The van der Waals surface area contributed by atoms with Crippen molar-refractivity contribution in [1.29, 1.82) is 0 Å². The first-order chi connectivity index (χ1) is 14.3. The highest BCUT2D eigenvalue weighted by molar-refractivity contribution is 5.95. The summed E-state index contributed by atoms with van der Waals surface area (Å²) in [6.45, 7) is 12.9. The fourth-order valence-corrected chi connectivity index (χ4v) is 9.00. The molecule has 4 nitrogen and oxygen atoms in total. The van der Waals surface area contributed by atoms with Crippen molar-refractivity contribution in [3.63, 3.8) is 0 Å². The lowest BCUT2D eigenvalue weighted by Crippen LogP contribution is -2.64. The van der Waals surface area contributed by atoms with Gasteiger partial charge in [-0.25, -0.2) is 0 Å². The Balaban J connectivity index is 1.68. The van der Waals surface area contributed by atoms with Gasteiger partial charge in [0.15, 0.2) is 5.78 Å². The average molecular weight is 431 g/mol. The van der Waals surface area contributed by atoms with Gasteiger partial charge in [0, 0.05) is 19.3 Å². The third kappa shape index (κ3) is 3.71. The molecule has 7 atom stereocenters. The molecule has 0 amide bonds. The molecule has 4 heteroatoms. The van der Waals surface area contributed by atoms with Crippen molar-refractivity contribution >= 4 is 11.8 Å². The number of Topliss-reactive ketones (excluding diaryl/α,β-unsaturated/α-hetero) is 1. The second kappa shape index (κ2) is 7.43. The van der Waals surface area contributed by atoms with Gasteiger partial charge in [-0.3, -0.25) is 9.59 Å². The Bertz CT molecular complexity index is 797. The molecule has 2 unspecified atom stereocenters. The third-order valence-electron chi connectivity index (χ3n) is 10.00. The van der Waals surface area contributed by atoms with Gasteiger partial charge >= 0.3 is 5.97 Å². The molecule has 31 heavy (non-hydrogen) atoms. The van der Waals surface area contributed by atoms with Crippen molar-refractivity contribution < 1.29 is 19.4 Å². The summed E-state index contributed by atoms with van der Waals surface area (Å²) in [5, 5.41) is 11.9. The Labute approximate surface area is 188 Å². The number of esters is 1. The van der Waals surface area contributed by atoms with Crippen LogP contribution in [0.4, 0.5) is 0 Å². The minimum Gasteiger partial charge on any atom is -0.462 e. The number of aliphatic hydroxyl groups is 1. The number of hydrogen-bond acceptors (Lipinski definition) is 4.